The SMILES string of the molecule is O=C(Nc1ccc(C(=O)N=C2C=CC=C3CC(S(=O)(=O)[O-])=CC(O)=C32)c(S(=O)(=O)[O-])c1)Nc1ccc(C(=O)N=C2C=CC=C3CC(S(=O)(=O)[O-])=CC(O)=C32)c(S(=O)(=O)[O-])c1.[Na+].[Na+].[Na+].[Na+]. The number of hydrogen-bond donors (Lipinski definition) is 4. The molecule has 0 aromatic heterocycles. The average Bonchev–Trinajstić information content (AvgIpc) is 3.13. The fourth-order valence-corrected chi connectivity index (χ4v) is 8.66. The smallest absolute Gasteiger partial charge is 0.744 e. The molecule has 0 fully saturated rings. The van der Waals surface area contributed by atoms with E-state index >= 15 is 0 Å². The zero-order chi connectivity index (χ0) is 44.1. The van der Waals surface area contributed by atoms with Crippen molar-refractivity contribution in [2.24, 2.45) is 9.98 Å². The van der Waals surface area contributed by atoms with Crippen LogP contribution in [0.15, 0.2) is 148 Å². The van der Waals surface area contributed by atoms with Crippen molar-refractivity contribution in [1.29, 1.82) is 0 Å². The van der Waals surface area contributed by atoms with Crippen LogP contribution >= 0.6 is 0 Å². The van der Waals surface area contributed by atoms with Gasteiger partial charge in [0.2, 0.25) is 0 Å². The third kappa shape index (κ3) is 13.4. The van der Waals surface area contributed by atoms with Gasteiger partial charge in [-0.3, -0.25) is 9.59 Å². The maximum Gasteiger partial charge on any atom is 1.00 e. The molecule has 0 bridgehead atoms. The van der Waals surface area contributed by atoms with Crippen molar-refractivity contribution in [3.8, 4) is 0 Å². The summed E-state index contributed by atoms with van der Waals surface area (Å²) >= 11 is 0. The van der Waals surface area contributed by atoms with Crippen LogP contribution in [0.1, 0.15) is 33.6 Å². The average molecular weight is 991 g/mol. The Morgan fingerprint density at radius 2 is 0.891 bits per heavy atom. The summed E-state index contributed by atoms with van der Waals surface area (Å²) in [4.78, 5) is 43.2. The van der Waals surface area contributed by atoms with E-state index in [0.29, 0.717) is 24.3 Å². The van der Waals surface area contributed by atoms with Gasteiger partial charge in [-0.15, -0.1) is 0 Å². The summed E-state index contributed by atoms with van der Waals surface area (Å²) in [6.07, 6.45) is 8.12. The fraction of sp³-hybridized carbons (Fsp3) is 0.0571. The topological polar surface area (TPSA) is 369 Å². The summed E-state index contributed by atoms with van der Waals surface area (Å²) < 4.78 is 142. The number of nitrogens with one attached hydrogen (secondary N) is 2. The number of aliphatic imine (C=N–C) groups is 2. The molecule has 2 aromatic carbocycles. The Bertz CT molecular complexity index is 2960. The van der Waals surface area contributed by atoms with E-state index in [0.717, 1.165) is 24.3 Å². The van der Waals surface area contributed by atoms with Gasteiger partial charge in [0.1, 0.15) is 52.0 Å². The van der Waals surface area contributed by atoms with Crippen LogP contribution in [0.5, 0.6) is 0 Å². The van der Waals surface area contributed by atoms with Crippen LogP contribution in [-0.2, 0) is 40.5 Å². The van der Waals surface area contributed by atoms with Gasteiger partial charge >= 0.3 is 124 Å². The Morgan fingerprint density at radius 3 is 1.20 bits per heavy atom. The third-order valence-corrected chi connectivity index (χ3v) is 12.2. The Balaban J connectivity index is 0.00000352. The molecule has 6 rings (SSSR count). The molecule has 64 heavy (non-hydrogen) atoms. The third-order valence-electron chi connectivity index (χ3n) is 8.66. The largest absolute Gasteiger partial charge is 1.00 e. The second-order valence-corrected chi connectivity index (χ2v) is 18.2. The molecule has 21 nitrogen and oxygen atoms in total. The number of aliphatic hydroxyl groups excluding tert-OH is 2. The molecule has 4 aliphatic rings. The first-order valence-electron chi connectivity index (χ1n) is 16.3. The Kier molecular flexibility index (Phi) is 19.9. The summed E-state index contributed by atoms with van der Waals surface area (Å²) in [5, 5.41) is 25.2. The van der Waals surface area contributed by atoms with Gasteiger partial charge in [0.15, 0.2) is 0 Å². The fourth-order valence-electron chi connectivity index (χ4n) is 6.09. The molecule has 0 unspecified atom stereocenters. The van der Waals surface area contributed by atoms with E-state index in [9.17, 15) is 76.5 Å². The molecule has 0 saturated carbocycles. The predicted molar refractivity (Wildman–Crippen MR) is 204 cm³/mol. The number of carbonyl (C=O) groups excluding carboxylic acids is 3. The maximum absolute atomic E-state index is 13.2. The van der Waals surface area contributed by atoms with Crippen LogP contribution < -0.4 is 129 Å². The van der Waals surface area contributed by atoms with Gasteiger partial charge in [-0.05, 0) is 71.8 Å². The summed E-state index contributed by atoms with van der Waals surface area (Å²) in [5.74, 6) is -4.13. The first-order chi connectivity index (χ1) is 27.8. The molecule has 4 amide bonds. The van der Waals surface area contributed by atoms with Gasteiger partial charge in [-0.25, -0.2) is 48.5 Å². The minimum Gasteiger partial charge on any atom is -0.744 e. The zero-order valence-electron chi connectivity index (χ0n) is 33.5. The van der Waals surface area contributed by atoms with Gasteiger partial charge in [-0.1, -0.05) is 24.3 Å². The van der Waals surface area contributed by atoms with Crippen LogP contribution in [0.25, 0.3) is 0 Å². The van der Waals surface area contributed by atoms with E-state index < -0.39 is 125 Å². The number of urea groups is 1. The predicted octanol–water partition coefficient (Wildman–Crippen LogP) is -9.40. The molecule has 4 N–H and O–H groups in total. The number of amides is 4. The molecule has 4 aliphatic carbocycles. The number of nitrogens with zero attached hydrogens (tertiary/aromatic N) is 2. The standard InChI is InChI=1S/C35H26N4O17S4.4Na/c40-27-15-21(57(45,46)47)11-17-3-1-5-25(31(17)27)38-33(42)23-9-7-19(13-29(23)59(51,52)53)36-35(44)37-20-8-10-24(30(14-20)60(54,55)56)34(43)39-26-6-2-4-18-12-22(58(48,49)50)16-28(41)32(18)26;;;;/h1-10,13-16,40-41H,11-12H2,(H2,36,37,44)(H,45,46,47)(H,48,49,50)(H,51,52,53)(H,54,55,56);;;;/q;4*+1/p-4. The second-order valence-electron chi connectivity index (χ2n) is 12.6. The monoisotopic (exact) mass is 990 g/mol. The number of rotatable bonds is 8. The van der Waals surface area contributed by atoms with Crippen molar-refractivity contribution in [1.82, 2.24) is 0 Å². The quantitative estimate of drug-likeness (QED) is 0.141. The number of carbonyl (C=O) groups is 3. The molecule has 0 atom stereocenters. The minimum absolute atomic E-state index is 0. The molecule has 312 valence electrons. The van der Waals surface area contributed by atoms with Crippen LogP contribution in [-0.4, -0.2) is 91.4 Å². The summed E-state index contributed by atoms with van der Waals surface area (Å²) in [7, 11) is -20.9. The molecule has 2 aromatic rings. The molecular weight excluding hydrogens is 969 g/mol. The number of hydrogen-bond acceptors (Lipinski definition) is 17. The van der Waals surface area contributed by atoms with Crippen LogP contribution in [0.4, 0.5) is 16.2 Å². The number of fused-ring (bicyclic) bond motifs is 2. The van der Waals surface area contributed by atoms with Crippen molar-refractivity contribution in [2.45, 2.75) is 22.6 Å². The Labute approximate surface area is 452 Å². The van der Waals surface area contributed by atoms with Gasteiger partial charge in [0.25, 0.3) is 11.8 Å². The van der Waals surface area contributed by atoms with E-state index in [-0.39, 0.29) is 152 Å². The van der Waals surface area contributed by atoms with Gasteiger partial charge in [0.05, 0.1) is 32.3 Å². The minimum atomic E-state index is -5.48. The molecule has 0 aliphatic heterocycles. The van der Waals surface area contributed by atoms with Gasteiger partial charge in [-0.2, -0.15) is 0 Å². The van der Waals surface area contributed by atoms with Crippen LogP contribution in [0, 0.1) is 0 Å². The molecule has 0 saturated heterocycles. The van der Waals surface area contributed by atoms with Crippen molar-refractivity contribution in [3.63, 3.8) is 0 Å². The first kappa shape index (κ1) is 57.7. The summed E-state index contributed by atoms with van der Waals surface area (Å²) in [6, 6.07) is 3.51. The van der Waals surface area contributed by atoms with E-state index in [4.69, 9.17) is 0 Å². The first-order valence-corrected chi connectivity index (χ1v) is 21.9. The van der Waals surface area contributed by atoms with E-state index in [1.807, 2.05) is 0 Å². The van der Waals surface area contributed by atoms with Crippen molar-refractivity contribution >= 4 is 81.1 Å². The van der Waals surface area contributed by atoms with Crippen LogP contribution in [0.2, 0.25) is 0 Å². The molecule has 0 spiro atoms. The van der Waals surface area contributed by atoms with Crippen molar-refractivity contribution < 1.29 is 195 Å². The van der Waals surface area contributed by atoms with E-state index in [2.05, 4.69) is 20.6 Å². The summed E-state index contributed by atoms with van der Waals surface area (Å²) in [6.45, 7) is 0. The zero-order valence-corrected chi connectivity index (χ0v) is 44.8. The van der Waals surface area contributed by atoms with Crippen molar-refractivity contribution in [3.05, 3.63) is 140 Å². The number of benzene rings is 2. The molecule has 0 radical (unpaired) electrons. The number of aliphatic hydroxyl groups is 2. The van der Waals surface area contributed by atoms with Gasteiger partial charge < -0.3 is 39.1 Å². The normalized spacial score (nSPS) is 17.1. The van der Waals surface area contributed by atoms with Crippen molar-refractivity contribution in [2.75, 3.05) is 10.6 Å². The number of anilines is 2. The molecule has 0 heterocycles. The molecule has 29 heteroatoms. The van der Waals surface area contributed by atoms with Crippen LogP contribution in [0.3, 0.4) is 0 Å². The second kappa shape index (κ2) is 22.1. The number of allylic oxidation sites excluding steroid dienone is 14. The Hall–Kier alpha value is -2.45. The van der Waals surface area contributed by atoms with E-state index in [1.165, 1.54) is 36.5 Å². The maximum atomic E-state index is 13.2. The summed E-state index contributed by atoms with van der Waals surface area (Å²) in [5.41, 5.74) is -3.12. The molecular formula is C35H22N4Na4O17S4. The van der Waals surface area contributed by atoms with E-state index in [1.54, 1.807) is 0 Å². The Morgan fingerprint density at radius 1 is 0.547 bits per heavy atom. The van der Waals surface area contributed by atoms with Gasteiger partial charge in [0, 0.05) is 45.2 Å².